The minimum Gasteiger partial charge on any atom is -0.481 e. The van der Waals surface area contributed by atoms with Gasteiger partial charge < -0.3 is 19.4 Å². The number of hydrogen-bond donors (Lipinski definition) is 2. The van der Waals surface area contributed by atoms with Gasteiger partial charge in [0.2, 0.25) is 0 Å². The molecular formula is C29H37NO8. The van der Waals surface area contributed by atoms with Crippen molar-refractivity contribution in [1.82, 2.24) is 5.48 Å². The van der Waals surface area contributed by atoms with E-state index in [1.54, 1.807) is 0 Å². The number of carboxylic acids is 1. The fraction of sp³-hybridized carbons (Fsp3) is 0.448. The molecular weight excluding hydrogens is 490 g/mol. The van der Waals surface area contributed by atoms with Crippen LogP contribution < -0.4 is 5.48 Å². The van der Waals surface area contributed by atoms with Crippen molar-refractivity contribution in [3.63, 3.8) is 0 Å². The molecule has 0 aliphatic rings. The molecule has 9 nitrogen and oxygen atoms in total. The molecule has 1 unspecified atom stereocenters. The molecule has 2 rings (SSSR count). The number of nitrogens with one attached hydrogen (secondary N) is 1. The monoisotopic (exact) mass is 527 g/mol. The average Bonchev–Trinajstić information content (AvgIpc) is 2.87. The van der Waals surface area contributed by atoms with E-state index in [9.17, 15) is 19.2 Å². The average molecular weight is 528 g/mol. The first kappa shape index (κ1) is 30.7. The zero-order chi connectivity index (χ0) is 28.1. The molecule has 0 amide bonds. The Morgan fingerprint density at radius 3 is 1.92 bits per heavy atom. The third kappa shape index (κ3) is 10.4. The van der Waals surface area contributed by atoms with Gasteiger partial charge in [-0.15, -0.1) is 0 Å². The molecule has 0 spiro atoms. The quantitative estimate of drug-likeness (QED) is 0.187. The number of esters is 2. The summed E-state index contributed by atoms with van der Waals surface area (Å²) in [6.07, 6.45) is -0.241. The maximum Gasteiger partial charge on any atom is 0.341 e. The second-order valence-corrected chi connectivity index (χ2v) is 9.87. The van der Waals surface area contributed by atoms with Crippen LogP contribution in [0.3, 0.4) is 0 Å². The number of carbonyl (C=O) groups excluding carboxylic acids is 3. The summed E-state index contributed by atoms with van der Waals surface area (Å²) in [4.78, 5) is 54.7. The second kappa shape index (κ2) is 15.0. The molecule has 0 radical (unpaired) electrons. The van der Waals surface area contributed by atoms with Crippen molar-refractivity contribution in [2.75, 3.05) is 0 Å². The summed E-state index contributed by atoms with van der Waals surface area (Å²) in [7, 11) is 0. The molecule has 0 bridgehead atoms. The van der Waals surface area contributed by atoms with Gasteiger partial charge in [0.15, 0.2) is 5.60 Å². The summed E-state index contributed by atoms with van der Waals surface area (Å²) in [6, 6.07) is 13.9. The Balaban J connectivity index is 2.23. The molecule has 0 aromatic heterocycles. The van der Waals surface area contributed by atoms with E-state index in [0.717, 1.165) is 22.3 Å². The highest BCUT2D eigenvalue weighted by molar-refractivity contribution is 5.86. The number of hydrogen-bond acceptors (Lipinski definition) is 8. The Hall–Kier alpha value is -3.56. The lowest BCUT2D eigenvalue weighted by atomic mass is 9.89. The summed E-state index contributed by atoms with van der Waals surface area (Å²) < 4.78 is 11.0. The van der Waals surface area contributed by atoms with Gasteiger partial charge in [0, 0.05) is 6.42 Å². The maximum atomic E-state index is 13.5. The van der Waals surface area contributed by atoms with Crippen LogP contribution in [-0.2, 0) is 46.7 Å². The van der Waals surface area contributed by atoms with Crippen LogP contribution in [0.4, 0.5) is 0 Å². The van der Waals surface area contributed by atoms with E-state index < -0.39 is 36.0 Å². The van der Waals surface area contributed by atoms with Gasteiger partial charge >= 0.3 is 17.9 Å². The number of hydroxylamine groups is 1. The smallest absolute Gasteiger partial charge is 0.341 e. The Morgan fingerprint density at radius 1 is 0.921 bits per heavy atom. The molecule has 38 heavy (non-hydrogen) atoms. The number of aldehydes is 1. The van der Waals surface area contributed by atoms with Crippen molar-refractivity contribution in [3.8, 4) is 0 Å². The van der Waals surface area contributed by atoms with Crippen LogP contribution in [0.5, 0.6) is 0 Å². The van der Waals surface area contributed by atoms with E-state index in [1.165, 1.54) is 0 Å². The van der Waals surface area contributed by atoms with Gasteiger partial charge in [0.25, 0.3) is 0 Å². The van der Waals surface area contributed by atoms with E-state index in [1.807, 2.05) is 76.2 Å². The first-order valence-corrected chi connectivity index (χ1v) is 12.6. The molecule has 0 saturated heterocycles. The maximum absolute atomic E-state index is 13.5. The van der Waals surface area contributed by atoms with Crippen LogP contribution in [-0.4, -0.2) is 40.9 Å². The van der Waals surface area contributed by atoms with Crippen molar-refractivity contribution in [1.29, 1.82) is 0 Å². The Kier molecular flexibility index (Phi) is 12.1. The fourth-order valence-electron chi connectivity index (χ4n) is 3.73. The van der Waals surface area contributed by atoms with Crippen LogP contribution in [0.1, 0.15) is 61.8 Å². The van der Waals surface area contributed by atoms with Crippen LogP contribution in [0, 0.1) is 19.8 Å². The van der Waals surface area contributed by atoms with Gasteiger partial charge in [-0.1, -0.05) is 73.5 Å². The number of rotatable bonds is 16. The lowest BCUT2D eigenvalue weighted by Crippen LogP contribution is -2.51. The highest BCUT2D eigenvalue weighted by atomic mass is 16.7. The van der Waals surface area contributed by atoms with Crippen LogP contribution in [0.15, 0.2) is 48.5 Å². The van der Waals surface area contributed by atoms with Crippen LogP contribution in [0.2, 0.25) is 0 Å². The summed E-state index contributed by atoms with van der Waals surface area (Å²) in [5, 5.41) is 8.96. The second-order valence-electron chi connectivity index (χ2n) is 9.87. The lowest BCUT2D eigenvalue weighted by molar-refractivity contribution is -0.198. The molecule has 2 N–H and O–H groups in total. The predicted octanol–water partition coefficient (Wildman–Crippen LogP) is 4.22. The number of aliphatic carboxylic acids is 1. The molecule has 0 heterocycles. The van der Waals surface area contributed by atoms with Crippen molar-refractivity contribution in [2.45, 2.75) is 78.2 Å². The predicted molar refractivity (Wildman–Crippen MR) is 140 cm³/mol. The van der Waals surface area contributed by atoms with E-state index in [4.69, 9.17) is 19.4 Å². The van der Waals surface area contributed by atoms with Crippen molar-refractivity contribution in [2.24, 2.45) is 5.92 Å². The molecule has 0 fully saturated rings. The highest BCUT2D eigenvalue weighted by Gasteiger charge is 2.46. The molecule has 206 valence electrons. The van der Waals surface area contributed by atoms with Crippen molar-refractivity contribution < 1.29 is 38.6 Å². The summed E-state index contributed by atoms with van der Waals surface area (Å²) in [5.41, 5.74) is 4.36. The number of benzene rings is 2. The third-order valence-corrected chi connectivity index (χ3v) is 5.79. The topological polar surface area (TPSA) is 128 Å². The number of carboxylic acid groups (broad SMARTS) is 1. The number of carbonyl (C=O) groups is 4. The van der Waals surface area contributed by atoms with Gasteiger partial charge in [-0.2, -0.15) is 5.48 Å². The molecule has 0 saturated carbocycles. The first-order chi connectivity index (χ1) is 18.0. The largest absolute Gasteiger partial charge is 0.481 e. The van der Waals surface area contributed by atoms with Crippen molar-refractivity contribution >= 4 is 24.2 Å². The van der Waals surface area contributed by atoms with E-state index >= 15 is 0 Å². The van der Waals surface area contributed by atoms with Gasteiger partial charge in [0.05, 0.1) is 12.5 Å². The number of ether oxygens (including phenoxy) is 2. The number of aryl methyl sites for hydroxylation is 2. The minimum atomic E-state index is -1.81. The minimum absolute atomic E-state index is 0.0122. The van der Waals surface area contributed by atoms with Crippen LogP contribution >= 0.6 is 0 Å². The molecule has 2 atom stereocenters. The zero-order valence-corrected chi connectivity index (χ0v) is 22.4. The SMILES string of the molecule is Cc1ccc(COC(=O)CC(CC(C)C)(ON[C@@H](C=O)CCC(=O)O)C(=O)OCc2ccc(C)cc2)cc1. The Morgan fingerprint density at radius 2 is 1.45 bits per heavy atom. The highest BCUT2D eigenvalue weighted by Crippen LogP contribution is 2.28. The van der Waals surface area contributed by atoms with Crippen molar-refractivity contribution in [3.05, 3.63) is 70.8 Å². The molecule has 2 aromatic carbocycles. The molecule has 2 aromatic rings. The van der Waals surface area contributed by atoms with Gasteiger partial charge in [-0.25, -0.2) is 4.79 Å². The fourth-order valence-corrected chi connectivity index (χ4v) is 3.73. The normalized spacial score (nSPS) is 13.4. The summed E-state index contributed by atoms with van der Waals surface area (Å²) >= 11 is 0. The Bertz CT molecular complexity index is 1060. The first-order valence-electron chi connectivity index (χ1n) is 12.6. The molecule has 0 aliphatic carbocycles. The summed E-state index contributed by atoms with van der Waals surface area (Å²) in [6.45, 7) is 7.56. The zero-order valence-electron chi connectivity index (χ0n) is 22.4. The van der Waals surface area contributed by atoms with Crippen LogP contribution in [0.25, 0.3) is 0 Å². The van der Waals surface area contributed by atoms with E-state index in [0.29, 0.717) is 6.29 Å². The van der Waals surface area contributed by atoms with Gasteiger partial charge in [0.1, 0.15) is 19.5 Å². The van der Waals surface area contributed by atoms with Gasteiger partial charge in [-0.3, -0.25) is 14.4 Å². The van der Waals surface area contributed by atoms with Gasteiger partial charge in [-0.05, 0) is 43.7 Å². The molecule has 9 heteroatoms. The Labute approximate surface area is 223 Å². The lowest BCUT2D eigenvalue weighted by Gasteiger charge is -2.33. The van der Waals surface area contributed by atoms with E-state index in [2.05, 4.69) is 5.48 Å². The standard InChI is InChI=1S/C29H37NO8/c1-20(2)15-29(38-30-25(17-31)13-14-26(32)33,28(35)37-19-24-11-7-22(4)8-12-24)16-27(34)36-18-23-9-5-21(3)6-10-23/h5-12,17,20,25,30H,13-16,18-19H2,1-4H3,(H,32,33)/t25-,29?/m1/s1. The summed E-state index contributed by atoms with van der Waals surface area (Å²) in [5.74, 6) is -2.67. The van der Waals surface area contributed by atoms with E-state index in [-0.39, 0.29) is 38.4 Å². The third-order valence-electron chi connectivity index (χ3n) is 5.79. The molecule has 0 aliphatic heterocycles.